The highest BCUT2D eigenvalue weighted by molar-refractivity contribution is 5.84. The Morgan fingerprint density at radius 2 is 1.19 bits per heavy atom. The second-order valence-electron chi connectivity index (χ2n) is 5.89. The van der Waals surface area contributed by atoms with Crippen LogP contribution in [0.3, 0.4) is 0 Å². The van der Waals surface area contributed by atoms with Crippen LogP contribution < -0.4 is 0 Å². The number of carboxylic acid groups (broad SMARTS) is 1. The summed E-state index contributed by atoms with van der Waals surface area (Å²) in [5, 5.41) is 26.6. The molecule has 0 amide bonds. The number of carboxylic acids is 1. The number of carbonyl (C=O) groups is 1. The van der Waals surface area contributed by atoms with E-state index in [-0.39, 0.29) is 0 Å². The number of aliphatic hydroxyl groups is 2. The minimum atomic E-state index is -1.57. The Balaban J connectivity index is 3.81. The summed E-state index contributed by atoms with van der Waals surface area (Å²) in [5.41, 5.74) is 0. The van der Waals surface area contributed by atoms with E-state index in [0.717, 1.165) is 12.5 Å². The van der Waals surface area contributed by atoms with Crippen LogP contribution in [-0.4, -0.2) is 21.3 Å². The van der Waals surface area contributed by atoms with E-state index in [0.29, 0.717) is 0 Å². The van der Waals surface area contributed by atoms with Gasteiger partial charge in [-0.3, -0.25) is 0 Å². The molecule has 26 heavy (non-hydrogen) atoms. The van der Waals surface area contributed by atoms with Crippen LogP contribution in [-0.2, 0) is 4.79 Å². The maximum absolute atomic E-state index is 10.4. The number of hydrogen-bond donors (Lipinski definition) is 3. The van der Waals surface area contributed by atoms with Crippen LogP contribution in [0.25, 0.3) is 0 Å². The van der Waals surface area contributed by atoms with E-state index in [1.807, 2.05) is 30.4 Å². The lowest BCUT2D eigenvalue weighted by atomic mass is 10.1. The zero-order valence-electron chi connectivity index (χ0n) is 15.7. The van der Waals surface area contributed by atoms with E-state index in [9.17, 15) is 9.90 Å². The van der Waals surface area contributed by atoms with Gasteiger partial charge >= 0.3 is 5.97 Å². The molecule has 0 radical (unpaired) electrons. The molecule has 0 bridgehead atoms. The highest BCUT2D eigenvalue weighted by Crippen LogP contribution is 2.08. The van der Waals surface area contributed by atoms with Crippen LogP contribution in [0.4, 0.5) is 0 Å². The molecule has 0 aliphatic heterocycles. The molecular formula is C22H32O4. The van der Waals surface area contributed by atoms with Crippen LogP contribution in [0.1, 0.15) is 58.3 Å². The maximum Gasteiger partial charge on any atom is 0.374 e. The molecule has 0 rings (SSSR count). The lowest BCUT2D eigenvalue weighted by Gasteiger charge is -1.98. The number of unbranched alkanes of at least 4 members (excludes halogenated alkanes) is 7. The van der Waals surface area contributed by atoms with Gasteiger partial charge in [0.25, 0.3) is 0 Å². The first-order valence-corrected chi connectivity index (χ1v) is 9.28. The van der Waals surface area contributed by atoms with Crippen LogP contribution in [0.15, 0.2) is 72.3 Å². The van der Waals surface area contributed by atoms with Gasteiger partial charge in [0.2, 0.25) is 5.76 Å². The quantitative estimate of drug-likeness (QED) is 0.147. The van der Waals surface area contributed by atoms with Gasteiger partial charge in [0, 0.05) is 0 Å². The Bertz CT molecular complexity index is 548. The molecule has 0 spiro atoms. The summed E-state index contributed by atoms with van der Waals surface area (Å²) < 4.78 is 0. The third kappa shape index (κ3) is 15.1. The van der Waals surface area contributed by atoms with E-state index in [1.165, 1.54) is 51.0 Å². The fourth-order valence-corrected chi connectivity index (χ4v) is 2.11. The maximum atomic E-state index is 10.4. The summed E-state index contributed by atoms with van der Waals surface area (Å²) in [4.78, 5) is 10.4. The SMILES string of the molecule is CCCCCCCCC/C=C/C=C/C=C/C=C/C=C/C(O)=C(\O)C(=O)O. The summed E-state index contributed by atoms with van der Waals surface area (Å²) in [6.45, 7) is 2.24. The van der Waals surface area contributed by atoms with Crippen LogP contribution in [0, 0.1) is 0 Å². The third-order valence-corrected chi connectivity index (χ3v) is 3.59. The van der Waals surface area contributed by atoms with Crippen molar-refractivity contribution in [2.24, 2.45) is 0 Å². The first kappa shape index (κ1) is 23.5. The van der Waals surface area contributed by atoms with Crippen molar-refractivity contribution in [1.82, 2.24) is 0 Å². The lowest BCUT2D eigenvalue weighted by Crippen LogP contribution is -2.02. The monoisotopic (exact) mass is 360 g/mol. The molecule has 0 aliphatic rings. The molecule has 144 valence electrons. The van der Waals surface area contributed by atoms with E-state index in [1.54, 1.807) is 12.2 Å². The van der Waals surface area contributed by atoms with Gasteiger partial charge in [0.15, 0.2) is 5.76 Å². The number of aliphatic carboxylic acids is 1. The van der Waals surface area contributed by atoms with Gasteiger partial charge in [0.05, 0.1) is 0 Å². The van der Waals surface area contributed by atoms with Crippen molar-refractivity contribution in [1.29, 1.82) is 0 Å². The molecule has 0 aromatic carbocycles. The van der Waals surface area contributed by atoms with E-state index in [4.69, 9.17) is 10.2 Å². The normalized spacial score (nSPS) is 13.7. The number of rotatable bonds is 14. The Hall–Kier alpha value is -2.49. The van der Waals surface area contributed by atoms with Crippen molar-refractivity contribution in [2.75, 3.05) is 0 Å². The molecule has 0 saturated heterocycles. The molecule has 0 saturated carbocycles. The largest absolute Gasteiger partial charge is 0.504 e. The minimum Gasteiger partial charge on any atom is -0.504 e. The number of hydrogen-bond acceptors (Lipinski definition) is 3. The highest BCUT2D eigenvalue weighted by atomic mass is 16.4. The smallest absolute Gasteiger partial charge is 0.374 e. The molecule has 0 unspecified atom stereocenters. The Labute approximate surface area is 157 Å². The van der Waals surface area contributed by atoms with Crippen molar-refractivity contribution in [2.45, 2.75) is 58.3 Å². The van der Waals surface area contributed by atoms with Gasteiger partial charge in [-0.15, -0.1) is 0 Å². The Kier molecular flexibility index (Phi) is 15.7. The van der Waals surface area contributed by atoms with Gasteiger partial charge in [0.1, 0.15) is 0 Å². The highest BCUT2D eigenvalue weighted by Gasteiger charge is 2.08. The fraction of sp³-hybridized carbons (Fsp3) is 0.409. The van der Waals surface area contributed by atoms with Crippen LogP contribution >= 0.6 is 0 Å². The zero-order valence-corrected chi connectivity index (χ0v) is 15.7. The van der Waals surface area contributed by atoms with Gasteiger partial charge in [-0.05, 0) is 18.9 Å². The molecule has 0 aromatic heterocycles. The summed E-state index contributed by atoms with van der Waals surface area (Å²) in [6, 6.07) is 0. The van der Waals surface area contributed by atoms with E-state index < -0.39 is 17.5 Å². The average molecular weight is 360 g/mol. The van der Waals surface area contributed by atoms with Crippen LogP contribution in [0.5, 0.6) is 0 Å². The molecule has 0 atom stereocenters. The molecule has 3 N–H and O–H groups in total. The molecule has 0 heterocycles. The molecule has 0 fully saturated rings. The predicted octanol–water partition coefficient (Wildman–Crippen LogP) is 6.32. The second kappa shape index (κ2) is 17.3. The molecule has 0 aromatic rings. The standard InChI is InChI=1S/C22H32O4/c1-2-3-4-5-6-7-8-9-10-11-12-13-14-15-16-17-18-19-20(23)21(24)22(25)26/h10-19,23-24H,2-9H2,1H3,(H,25,26)/b11-10+,13-12+,15-14+,17-16+,19-18+,21-20+. The predicted molar refractivity (Wildman–Crippen MR) is 108 cm³/mol. The van der Waals surface area contributed by atoms with E-state index in [2.05, 4.69) is 13.0 Å². The average Bonchev–Trinajstić information content (AvgIpc) is 2.63. The van der Waals surface area contributed by atoms with Gasteiger partial charge in [-0.1, -0.05) is 100 Å². The fourth-order valence-electron chi connectivity index (χ4n) is 2.11. The summed E-state index contributed by atoms with van der Waals surface area (Å²) in [6.07, 6.45) is 28.1. The summed E-state index contributed by atoms with van der Waals surface area (Å²) in [5.74, 6) is -3.32. The van der Waals surface area contributed by atoms with Gasteiger partial charge < -0.3 is 15.3 Å². The summed E-state index contributed by atoms with van der Waals surface area (Å²) in [7, 11) is 0. The Morgan fingerprint density at radius 3 is 1.77 bits per heavy atom. The third-order valence-electron chi connectivity index (χ3n) is 3.59. The number of allylic oxidation sites excluding steroid dienone is 10. The van der Waals surface area contributed by atoms with Gasteiger partial charge in [-0.25, -0.2) is 4.79 Å². The Morgan fingerprint density at radius 1 is 0.692 bits per heavy atom. The topological polar surface area (TPSA) is 77.8 Å². The van der Waals surface area contributed by atoms with Crippen molar-refractivity contribution in [3.05, 3.63) is 72.3 Å². The van der Waals surface area contributed by atoms with E-state index >= 15 is 0 Å². The first-order chi connectivity index (χ1) is 12.6. The zero-order chi connectivity index (χ0) is 19.5. The molecular weight excluding hydrogens is 328 g/mol. The second-order valence-corrected chi connectivity index (χ2v) is 5.89. The van der Waals surface area contributed by atoms with Gasteiger partial charge in [-0.2, -0.15) is 0 Å². The van der Waals surface area contributed by atoms with Crippen molar-refractivity contribution in [3.8, 4) is 0 Å². The van der Waals surface area contributed by atoms with Crippen LogP contribution in [0.2, 0.25) is 0 Å². The van der Waals surface area contributed by atoms with Crippen molar-refractivity contribution in [3.63, 3.8) is 0 Å². The number of aliphatic hydroxyl groups excluding tert-OH is 2. The minimum absolute atomic E-state index is 0.683. The van der Waals surface area contributed by atoms with Crippen molar-refractivity contribution < 1.29 is 20.1 Å². The molecule has 4 nitrogen and oxygen atoms in total. The molecule has 4 heteroatoms. The lowest BCUT2D eigenvalue weighted by molar-refractivity contribution is -0.135. The molecule has 0 aliphatic carbocycles. The van der Waals surface area contributed by atoms with Crippen molar-refractivity contribution >= 4 is 5.97 Å². The first-order valence-electron chi connectivity index (χ1n) is 9.28. The summed E-state index contributed by atoms with van der Waals surface area (Å²) >= 11 is 0.